The second-order valence-corrected chi connectivity index (χ2v) is 3.83. The van der Waals surface area contributed by atoms with Gasteiger partial charge in [0.1, 0.15) is 0 Å². The van der Waals surface area contributed by atoms with E-state index in [9.17, 15) is 0 Å². The average molecular weight is 217 g/mol. The molecular weight excluding hydrogens is 203 g/mol. The fourth-order valence-corrected chi connectivity index (χ4v) is 1.72. The van der Waals surface area contributed by atoms with Crippen molar-refractivity contribution in [1.29, 1.82) is 0 Å². The molecule has 0 amide bonds. The molecule has 0 heterocycles. The highest BCUT2D eigenvalue weighted by Gasteiger charge is 1.98. The summed E-state index contributed by atoms with van der Waals surface area (Å²) in [7, 11) is 0. The summed E-state index contributed by atoms with van der Waals surface area (Å²) < 4.78 is 0. The van der Waals surface area contributed by atoms with Gasteiger partial charge in [0.25, 0.3) is 0 Å². The van der Waals surface area contributed by atoms with Gasteiger partial charge in [-0.05, 0) is 36.5 Å². The topological polar surface area (TPSA) is 0 Å². The fourth-order valence-electron chi connectivity index (χ4n) is 1.30. The maximum absolute atomic E-state index is 5.81. The Hall–Kier alpha value is -0.200. The van der Waals surface area contributed by atoms with E-state index in [0.717, 1.165) is 18.7 Å². The minimum atomic E-state index is 0.598. The Morgan fingerprint density at radius 2 is 2.00 bits per heavy atom. The Kier molecular flexibility index (Phi) is 4.61. The molecule has 0 aliphatic carbocycles. The van der Waals surface area contributed by atoms with Crippen LogP contribution in [0.25, 0.3) is 0 Å². The van der Waals surface area contributed by atoms with E-state index in [-0.39, 0.29) is 0 Å². The summed E-state index contributed by atoms with van der Waals surface area (Å²) in [5, 5.41) is 0. The molecule has 0 N–H and O–H groups in total. The van der Waals surface area contributed by atoms with Gasteiger partial charge in [0.2, 0.25) is 0 Å². The smallest absolute Gasteiger partial charge is 0.0476 e. The first-order chi connectivity index (χ1) is 6.27. The third kappa shape index (κ3) is 3.21. The van der Waals surface area contributed by atoms with E-state index < -0.39 is 0 Å². The number of rotatable bonds is 4. The molecule has 1 aromatic rings. The molecule has 2 heteroatoms. The number of halogens is 2. The summed E-state index contributed by atoms with van der Waals surface area (Å²) in [4.78, 5) is 0. The van der Waals surface area contributed by atoms with Crippen LogP contribution in [0.5, 0.6) is 0 Å². The van der Waals surface area contributed by atoms with E-state index in [1.807, 2.05) is 0 Å². The predicted molar refractivity (Wildman–Crippen MR) is 59.8 cm³/mol. The van der Waals surface area contributed by atoms with Crippen LogP contribution in [-0.4, -0.2) is 5.88 Å². The molecule has 0 aromatic heterocycles. The highest BCUT2D eigenvalue weighted by molar-refractivity contribution is 6.17. The van der Waals surface area contributed by atoms with Gasteiger partial charge in [-0.15, -0.1) is 23.2 Å². The number of hydrogen-bond donors (Lipinski definition) is 0. The maximum Gasteiger partial charge on any atom is 0.0476 e. The number of alkyl halides is 2. The zero-order valence-corrected chi connectivity index (χ0v) is 9.33. The quantitative estimate of drug-likeness (QED) is 0.671. The number of hydrogen-bond acceptors (Lipinski definition) is 0. The van der Waals surface area contributed by atoms with Crippen molar-refractivity contribution in [3.8, 4) is 0 Å². The van der Waals surface area contributed by atoms with Crippen LogP contribution >= 0.6 is 23.2 Å². The molecule has 0 saturated heterocycles. The molecule has 1 rings (SSSR count). The summed E-state index contributed by atoms with van der Waals surface area (Å²) in [6, 6.07) is 6.45. The average Bonchev–Trinajstić information content (AvgIpc) is 2.16. The van der Waals surface area contributed by atoms with Crippen LogP contribution in [0.15, 0.2) is 18.2 Å². The van der Waals surface area contributed by atoms with E-state index in [1.54, 1.807) is 0 Å². The molecule has 0 saturated carbocycles. The summed E-state index contributed by atoms with van der Waals surface area (Å²) in [6.45, 7) is 2.09. The molecule has 72 valence electrons. The van der Waals surface area contributed by atoms with Gasteiger partial charge in [0, 0.05) is 11.8 Å². The van der Waals surface area contributed by atoms with Gasteiger partial charge < -0.3 is 0 Å². The Labute approximate surface area is 89.9 Å². The first-order valence-electron chi connectivity index (χ1n) is 4.48. The Morgan fingerprint density at radius 1 is 1.23 bits per heavy atom. The zero-order chi connectivity index (χ0) is 9.68. The van der Waals surface area contributed by atoms with Crippen molar-refractivity contribution in [1.82, 2.24) is 0 Å². The number of benzene rings is 1. The minimum Gasteiger partial charge on any atom is -0.127 e. The van der Waals surface area contributed by atoms with Crippen molar-refractivity contribution >= 4 is 23.2 Å². The van der Waals surface area contributed by atoms with Gasteiger partial charge in [-0.3, -0.25) is 0 Å². The normalized spacial score (nSPS) is 10.4. The second kappa shape index (κ2) is 5.51. The van der Waals surface area contributed by atoms with Gasteiger partial charge in [0.05, 0.1) is 0 Å². The van der Waals surface area contributed by atoms with Crippen LogP contribution in [0.1, 0.15) is 23.1 Å². The van der Waals surface area contributed by atoms with Crippen molar-refractivity contribution in [3.05, 3.63) is 34.9 Å². The molecule has 0 aliphatic heterocycles. The predicted octanol–water partition coefficient (Wildman–Crippen LogP) is 3.91. The van der Waals surface area contributed by atoms with Crippen molar-refractivity contribution in [2.45, 2.75) is 25.6 Å². The second-order valence-electron chi connectivity index (χ2n) is 3.19. The monoisotopic (exact) mass is 216 g/mol. The summed E-state index contributed by atoms with van der Waals surface area (Å²) in [6.07, 6.45) is 2.08. The molecule has 0 spiro atoms. The minimum absolute atomic E-state index is 0.598. The standard InChI is InChI=1S/C11H14Cl2/c1-9-4-5-10(3-2-6-12)7-11(9)8-13/h4-5,7H,2-3,6,8H2,1H3. The molecule has 0 radical (unpaired) electrons. The van der Waals surface area contributed by atoms with E-state index in [0.29, 0.717) is 5.88 Å². The van der Waals surface area contributed by atoms with Gasteiger partial charge in [0.15, 0.2) is 0 Å². The van der Waals surface area contributed by atoms with Crippen molar-refractivity contribution in [3.63, 3.8) is 0 Å². The summed E-state index contributed by atoms with van der Waals surface area (Å²) >= 11 is 11.4. The fraction of sp³-hybridized carbons (Fsp3) is 0.455. The molecule has 0 atom stereocenters. The summed E-state index contributed by atoms with van der Waals surface area (Å²) in [5.74, 6) is 1.32. The molecule has 13 heavy (non-hydrogen) atoms. The third-order valence-electron chi connectivity index (χ3n) is 2.16. The third-order valence-corrected chi connectivity index (χ3v) is 2.71. The zero-order valence-electron chi connectivity index (χ0n) is 7.82. The lowest BCUT2D eigenvalue weighted by Crippen LogP contribution is -1.91. The Bertz CT molecular complexity index is 269. The van der Waals surface area contributed by atoms with Crippen LogP contribution in [0.4, 0.5) is 0 Å². The number of aryl methyl sites for hydroxylation is 2. The van der Waals surface area contributed by atoms with Gasteiger partial charge in [-0.2, -0.15) is 0 Å². The maximum atomic E-state index is 5.81. The van der Waals surface area contributed by atoms with Crippen molar-refractivity contribution in [2.24, 2.45) is 0 Å². The lowest BCUT2D eigenvalue weighted by molar-refractivity contribution is 0.925. The molecule has 0 unspecified atom stereocenters. The Balaban J connectivity index is 2.74. The first-order valence-corrected chi connectivity index (χ1v) is 5.55. The van der Waals surface area contributed by atoms with Crippen LogP contribution in [0, 0.1) is 6.92 Å². The van der Waals surface area contributed by atoms with Crippen molar-refractivity contribution < 1.29 is 0 Å². The van der Waals surface area contributed by atoms with Crippen LogP contribution in [0.2, 0.25) is 0 Å². The van der Waals surface area contributed by atoms with Gasteiger partial charge >= 0.3 is 0 Å². The molecule has 0 aliphatic rings. The first kappa shape index (κ1) is 10.9. The molecule has 0 fully saturated rings. The Morgan fingerprint density at radius 3 is 2.62 bits per heavy atom. The largest absolute Gasteiger partial charge is 0.127 e. The lowest BCUT2D eigenvalue weighted by Gasteiger charge is -2.05. The van der Waals surface area contributed by atoms with E-state index >= 15 is 0 Å². The SMILES string of the molecule is Cc1ccc(CCCCl)cc1CCl. The molecule has 0 nitrogen and oxygen atoms in total. The van der Waals surface area contributed by atoms with E-state index in [4.69, 9.17) is 23.2 Å². The van der Waals surface area contributed by atoms with Crippen LogP contribution in [0.3, 0.4) is 0 Å². The summed E-state index contributed by atoms with van der Waals surface area (Å²) in [5.41, 5.74) is 3.83. The molecule has 0 bridgehead atoms. The van der Waals surface area contributed by atoms with Crippen molar-refractivity contribution in [2.75, 3.05) is 5.88 Å². The van der Waals surface area contributed by atoms with E-state index in [1.165, 1.54) is 16.7 Å². The van der Waals surface area contributed by atoms with Gasteiger partial charge in [-0.25, -0.2) is 0 Å². The highest BCUT2D eigenvalue weighted by Crippen LogP contribution is 2.14. The molecule has 1 aromatic carbocycles. The van der Waals surface area contributed by atoms with Gasteiger partial charge in [-0.1, -0.05) is 18.2 Å². The van der Waals surface area contributed by atoms with Crippen LogP contribution < -0.4 is 0 Å². The molecular formula is C11H14Cl2. The highest BCUT2D eigenvalue weighted by atomic mass is 35.5. The lowest BCUT2D eigenvalue weighted by atomic mass is 10.0. The van der Waals surface area contributed by atoms with E-state index in [2.05, 4.69) is 25.1 Å². The van der Waals surface area contributed by atoms with Crippen LogP contribution in [-0.2, 0) is 12.3 Å².